The third kappa shape index (κ3) is 4.56. The van der Waals surface area contributed by atoms with Crippen LogP contribution in [-0.4, -0.2) is 22.4 Å². The normalized spacial score (nSPS) is 11.7. The van der Waals surface area contributed by atoms with Crippen molar-refractivity contribution in [3.63, 3.8) is 0 Å². The van der Waals surface area contributed by atoms with E-state index in [9.17, 15) is 22.4 Å². The highest BCUT2D eigenvalue weighted by Crippen LogP contribution is 2.39. The van der Waals surface area contributed by atoms with E-state index >= 15 is 0 Å². The van der Waals surface area contributed by atoms with Gasteiger partial charge in [-0.2, -0.15) is 18.3 Å². The second kappa shape index (κ2) is 8.08. The molecule has 0 bridgehead atoms. The molecule has 0 N–H and O–H groups in total. The molecule has 0 radical (unpaired) electrons. The molecular formula is C18H12Cl2F4N2O3. The summed E-state index contributed by atoms with van der Waals surface area (Å²) in [6.45, 7) is 1.61. The van der Waals surface area contributed by atoms with Crippen LogP contribution in [0.1, 0.15) is 12.5 Å². The fraction of sp³-hybridized carbons (Fsp3) is 0.222. The summed E-state index contributed by atoms with van der Waals surface area (Å²) in [5, 5.41) is 4.10. The molecule has 3 aromatic rings. The number of ether oxygens (including phenoxy) is 2. The molecule has 2 aromatic carbocycles. The van der Waals surface area contributed by atoms with E-state index in [0.717, 1.165) is 0 Å². The molecule has 3 rings (SSSR count). The summed E-state index contributed by atoms with van der Waals surface area (Å²) < 4.78 is 63.9. The zero-order chi connectivity index (χ0) is 21.3. The first-order valence-corrected chi connectivity index (χ1v) is 8.91. The fourth-order valence-electron chi connectivity index (χ4n) is 2.57. The van der Waals surface area contributed by atoms with E-state index in [2.05, 4.69) is 5.10 Å². The van der Waals surface area contributed by atoms with Crippen LogP contribution in [0, 0.1) is 5.82 Å². The van der Waals surface area contributed by atoms with Gasteiger partial charge in [0.25, 0.3) is 0 Å². The maximum absolute atomic E-state index is 14.2. The predicted octanol–water partition coefficient (Wildman–Crippen LogP) is 5.86. The molecule has 29 heavy (non-hydrogen) atoms. The van der Waals surface area contributed by atoms with Crippen molar-refractivity contribution in [1.82, 2.24) is 9.78 Å². The van der Waals surface area contributed by atoms with E-state index in [-0.39, 0.29) is 24.1 Å². The summed E-state index contributed by atoms with van der Waals surface area (Å²) >= 11 is 11.8. The molecule has 0 fully saturated rings. The van der Waals surface area contributed by atoms with Crippen LogP contribution in [0.3, 0.4) is 0 Å². The van der Waals surface area contributed by atoms with Crippen LogP contribution in [0.25, 0.3) is 10.9 Å². The number of fused-ring (bicyclic) bond motifs is 1. The van der Waals surface area contributed by atoms with Gasteiger partial charge in [-0.15, -0.1) is 0 Å². The molecule has 1 heterocycles. The lowest BCUT2D eigenvalue weighted by Gasteiger charge is -2.12. The maximum atomic E-state index is 14.2. The van der Waals surface area contributed by atoms with Crippen molar-refractivity contribution in [3.8, 4) is 11.5 Å². The number of carbonyl (C=O) groups is 1. The molecule has 0 aliphatic rings. The highest BCUT2D eigenvalue weighted by molar-refractivity contribution is 6.34. The Kier molecular flexibility index (Phi) is 5.90. The molecule has 0 aliphatic carbocycles. The van der Waals surface area contributed by atoms with Gasteiger partial charge in [-0.1, -0.05) is 23.2 Å². The molecule has 11 heteroatoms. The number of benzene rings is 2. The van der Waals surface area contributed by atoms with Crippen LogP contribution in [0.2, 0.25) is 10.2 Å². The van der Waals surface area contributed by atoms with Gasteiger partial charge in [0.2, 0.25) is 0 Å². The summed E-state index contributed by atoms with van der Waals surface area (Å²) in [4.78, 5) is 11.7. The molecule has 154 valence electrons. The van der Waals surface area contributed by atoms with Gasteiger partial charge in [0.05, 0.1) is 22.7 Å². The Bertz CT molecular complexity index is 1060. The smallest absolute Gasteiger partial charge is 0.416 e. The Morgan fingerprint density at radius 1 is 1.21 bits per heavy atom. The summed E-state index contributed by atoms with van der Waals surface area (Å²) in [7, 11) is 0. The minimum absolute atomic E-state index is 0.0553. The molecule has 0 spiro atoms. The van der Waals surface area contributed by atoms with Gasteiger partial charge in [0, 0.05) is 11.5 Å². The number of rotatable bonds is 5. The Hall–Kier alpha value is -2.52. The van der Waals surface area contributed by atoms with Gasteiger partial charge in [-0.3, -0.25) is 9.48 Å². The van der Waals surface area contributed by atoms with Crippen molar-refractivity contribution < 1.29 is 31.8 Å². The zero-order valence-corrected chi connectivity index (χ0v) is 16.2. The summed E-state index contributed by atoms with van der Waals surface area (Å²) in [6, 6.07) is 5.19. The lowest BCUT2D eigenvalue weighted by atomic mass is 10.2. The number of carbonyl (C=O) groups excluding carboxylic acids is 1. The number of hydrogen-bond acceptors (Lipinski definition) is 4. The van der Waals surface area contributed by atoms with Crippen LogP contribution >= 0.6 is 23.2 Å². The Labute approximate surface area is 171 Å². The maximum Gasteiger partial charge on any atom is 0.416 e. The zero-order valence-electron chi connectivity index (χ0n) is 14.7. The van der Waals surface area contributed by atoms with Crippen molar-refractivity contribution in [1.29, 1.82) is 0 Å². The van der Waals surface area contributed by atoms with Gasteiger partial charge >= 0.3 is 12.1 Å². The van der Waals surface area contributed by atoms with Gasteiger partial charge in [-0.25, -0.2) is 4.39 Å². The lowest BCUT2D eigenvalue weighted by molar-refractivity contribution is -0.144. The number of halogens is 6. The largest absolute Gasteiger partial charge is 0.465 e. The molecule has 0 atom stereocenters. The van der Waals surface area contributed by atoms with Crippen LogP contribution in [0.15, 0.2) is 30.3 Å². The number of esters is 1. The molecule has 0 aliphatic heterocycles. The topological polar surface area (TPSA) is 53.4 Å². The first-order valence-electron chi connectivity index (χ1n) is 8.16. The monoisotopic (exact) mass is 450 g/mol. The molecule has 0 saturated heterocycles. The van der Waals surface area contributed by atoms with Crippen LogP contribution < -0.4 is 4.74 Å². The van der Waals surface area contributed by atoms with Crippen molar-refractivity contribution >= 4 is 40.1 Å². The Morgan fingerprint density at radius 3 is 2.55 bits per heavy atom. The average Bonchev–Trinajstić information content (AvgIpc) is 2.92. The third-order valence-corrected chi connectivity index (χ3v) is 4.37. The van der Waals surface area contributed by atoms with E-state index in [1.54, 1.807) is 6.92 Å². The number of hydrogen-bond donors (Lipinski definition) is 0. The van der Waals surface area contributed by atoms with E-state index in [1.165, 1.54) is 22.9 Å². The first-order chi connectivity index (χ1) is 13.6. The molecule has 5 nitrogen and oxygen atoms in total. The van der Waals surface area contributed by atoms with Crippen LogP contribution in [0.5, 0.6) is 11.5 Å². The van der Waals surface area contributed by atoms with Gasteiger partial charge in [-0.05, 0) is 31.2 Å². The van der Waals surface area contributed by atoms with E-state index in [4.69, 9.17) is 32.7 Å². The average molecular weight is 451 g/mol. The first kappa shape index (κ1) is 21.2. The van der Waals surface area contributed by atoms with Gasteiger partial charge in [0.1, 0.15) is 12.3 Å². The fourth-order valence-corrected chi connectivity index (χ4v) is 3.06. The summed E-state index contributed by atoms with van der Waals surface area (Å²) in [5.74, 6) is -2.33. The number of alkyl halides is 3. The lowest BCUT2D eigenvalue weighted by Crippen LogP contribution is -2.14. The SMILES string of the molecule is CCOC(=O)Cn1nc(Cl)c2ccc(Oc3c(F)cc(C(F)(F)F)cc3Cl)cc21. The van der Waals surface area contributed by atoms with Gasteiger partial charge in [0.15, 0.2) is 16.7 Å². The Morgan fingerprint density at radius 2 is 1.93 bits per heavy atom. The highest BCUT2D eigenvalue weighted by atomic mass is 35.5. The van der Waals surface area contributed by atoms with Crippen molar-refractivity contribution in [3.05, 3.63) is 51.9 Å². The van der Waals surface area contributed by atoms with Gasteiger partial charge < -0.3 is 9.47 Å². The van der Waals surface area contributed by atoms with Crippen molar-refractivity contribution in [2.24, 2.45) is 0 Å². The second-order valence-corrected chi connectivity index (χ2v) is 6.57. The van der Waals surface area contributed by atoms with Crippen LogP contribution in [0.4, 0.5) is 17.6 Å². The molecule has 1 aromatic heterocycles. The third-order valence-electron chi connectivity index (χ3n) is 3.81. The van der Waals surface area contributed by atoms with E-state index in [0.29, 0.717) is 23.0 Å². The quantitative estimate of drug-likeness (QED) is 0.361. The molecule has 0 unspecified atom stereocenters. The molecule has 0 amide bonds. The predicted molar refractivity (Wildman–Crippen MR) is 97.9 cm³/mol. The second-order valence-electron chi connectivity index (χ2n) is 5.80. The molecule has 0 saturated carbocycles. The number of aromatic nitrogens is 2. The van der Waals surface area contributed by atoms with E-state index in [1.807, 2.05) is 0 Å². The van der Waals surface area contributed by atoms with Crippen LogP contribution in [-0.2, 0) is 22.3 Å². The minimum Gasteiger partial charge on any atom is -0.465 e. The minimum atomic E-state index is -4.75. The standard InChI is InChI=1S/C18H12Cl2F4N2O3/c1-2-28-15(27)8-26-14-7-10(3-4-11(14)17(20)25-26)29-16-12(19)5-9(6-13(16)21)18(22,23)24/h3-7H,2,8H2,1H3. The number of nitrogens with zero attached hydrogens (tertiary/aromatic N) is 2. The van der Waals surface area contributed by atoms with E-state index < -0.39 is 34.3 Å². The van der Waals surface area contributed by atoms with Crippen molar-refractivity contribution in [2.45, 2.75) is 19.6 Å². The highest BCUT2D eigenvalue weighted by Gasteiger charge is 2.32. The summed E-state index contributed by atoms with van der Waals surface area (Å²) in [5.41, 5.74) is -0.855. The molecular weight excluding hydrogens is 439 g/mol. The van der Waals surface area contributed by atoms with Crippen molar-refractivity contribution in [2.75, 3.05) is 6.61 Å². The Balaban J connectivity index is 1.96. The summed E-state index contributed by atoms with van der Waals surface area (Å²) in [6.07, 6.45) is -4.75.